The molecule has 1 N–H and O–H groups in total. The van der Waals surface area contributed by atoms with E-state index in [2.05, 4.69) is 66.0 Å². The van der Waals surface area contributed by atoms with E-state index in [1.807, 2.05) is 18.5 Å². The van der Waals surface area contributed by atoms with Gasteiger partial charge in [-0.05, 0) is 36.2 Å². The van der Waals surface area contributed by atoms with Crippen LogP contribution in [0.25, 0.3) is 16.7 Å². The van der Waals surface area contributed by atoms with E-state index in [1.165, 1.54) is 16.8 Å². The maximum Gasteiger partial charge on any atom is 0.100 e. The van der Waals surface area contributed by atoms with E-state index in [1.54, 1.807) is 0 Å². The molecule has 0 aliphatic carbocycles. The van der Waals surface area contributed by atoms with Crippen molar-refractivity contribution in [3.63, 3.8) is 0 Å². The predicted octanol–water partition coefficient (Wildman–Crippen LogP) is 3.83. The summed E-state index contributed by atoms with van der Waals surface area (Å²) in [6, 6.07) is 15.3. The fourth-order valence-corrected chi connectivity index (χ4v) is 2.50. The average molecular weight is 279 g/mol. The zero-order chi connectivity index (χ0) is 14.8. The second kappa shape index (κ2) is 5.70. The van der Waals surface area contributed by atoms with Crippen molar-refractivity contribution in [3.05, 3.63) is 59.9 Å². The normalized spacial score (nSPS) is 11.4. The van der Waals surface area contributed by atoms with Crippen LogP contribution in [0.1, 0.15) is 25.0 Å². The minimum absolute atomic E-state index is 0.490. The first-order chi connectivity index (χ1) is 10.1. The molecule has 0 saturated heterocycles. The lowest BCUT2D eigenvalue weighted by molar-refractivity contribution is 0.588. The fraction of sp³-hybridized carbons (Fsp3) is 0.278. The van der Waals surface area contributed by atoms with Crippen molar-refractivity contribution < 1.29 is 0 Å². The first-order valence-corrected chi connectivity index (χ1v) is 7.40. The molecule has 0 aliphatic rings. The smallest absolute Gasteiger partial charge is 0.100 e. The third kappa shape index (κ3) is 2.83. The van der Waals surface area contributed by atoms with Gasteiger partial charge in [0, 0.05) is 12.6 Å². The highest BCUT2D eigenvalue weighted by Crippen LogP contribution is 2.22. The molecule has 0 spiro atoms. The molecule has 0 amide bonds. The van der Waals surface area contributed by atoms with Crippen LogP contribution in [0.2, 0.25) is 0 Å². The van der Waals surface area contributed by atoms with Gasteiger partial charge in [0.05, 0.1) is 16.7 Å². The van der Waals surface area contributed by atoms with Crippen LogP contribution in [0.15, 0.2) is 48.8 Å². The van der Waals surface area contributed by atoms with Gasteiger partial charge in [-0.25, -0.2) is 4.98 Å². The number of aromatic nitrogens is 2. The summed E-state index contributed by atoms with van der Waals surface area (Å²) in [7, 11) is 0. The van der Waals surface area contributed by atoms with E-state index in [9.17, 15) is 0 Å². The molecule has 0 fully saturated rings. The van der Waals surface area contributed by atoms with Crippen molar-refractivity contribution in [2.75, 3.05) is 0 Å². The van der Waals surface area contributed by atoms with Gasteiger partial charge in [-0.2, -0.15) is 0 Å². The summed E-state index contributed by atoms with van der Waals surface area (Å²) in [5, 5.41) is 3.47. The molecule has 1 aromatic heterocycles. The van der Waals surface area contributed by atoms with Crippen LogP contribution in [0, 0.1) is 6.92 Å². The van der Waals surface area contributed by atoms with E-state index in [4.69, 9.17) is 0 Å². The van der Waals surface area contributed by atoms with Crippen molar-refractivity contribution >= 4 is 11.0 Å². The molecule has 0 radical (unpaired) electrons. The van der Waals surface area contributed by atoms with Crippen LogP contribution in [0.4, 0.5) is 0 Å². The van der Waals surface area contributed by atoms with Gasteiger partial charge in [0.2, 0.25) is 0 Å². The SMILES string of the molecule is Cc1ccc(CNC(C)C)cc1-n1cnc2ccccc21. The number of hydrogen-bond donors (Lipinski definition) is 1. The summed E-state index contributed by atoms with van der Waals surface area (Å²) in [4.78, 5) is 4.49. The highest BCUT2D eigenvalue weighted by Gasteiger charge is 2.07. The van der Waals surface area contributed by atoms with Gasteiger partial charge in [0.15, 0.2) is 0 Å². The molecule has 0 atom stereocenters. The molecule has 1 heterocycles. The number of nitrogens with zero attached hydrogens (tertiary/aromatic N) is 2. The number of para-hydroxylation sites is 2. The molecular weight excluding hydrogens is 258 g/mol. The number of hydrogen-bond acceptors (Lipinski definition) is 2. The van der Waals surface area contributed by atoms with Gasteiger partial charge >= 0.3 is 0 Å². The lowest BCUT2D eigenvalue weighted by Gasteiger charge is -2.13. The lowest BCUT2D eigenvalue weighted by atomic mass is 10.1. The molecule has 0 saturated carbocycles. The monoisotopic (exact) mass is 279 g/mol. The standard InChI is InChI=1S/C18H21N3/c1-13(2)19-11-15-9-8-14(3)18(10-15)21-12-20-16-6-4-5-7-17(16)21/h4-10,12-13,19H,11H2,1-3H3. The highest BCUT2D eigenvalue weighted by atomic mass is 15.0. The number of benzene rings is 2. The van der Waals surface area contributed by atoms with E-state index >= 15 is 0 Å². The zero-order valence-corrected chi connectivity index (χ0v) is 12.8. The molecular formula is C18H21N3. The zero-order valence-electron chi connectivity index (χ0n) is 12.8. The van der Waals surface area contributed by atoms with Gasteiger partial charge in [0.1, 0.15) is 6.33 Å². The Morgan fingerprint density at radius 2 is 1.95 bits per heavy atom. The Morgan fingerprint density at radius 1 is 1.14 bits per heavy atom. The van der Waals surface area contributed by atoms with Crippen molar-refractivity contribution in [2.24, 2.45) is 0 Å². The Kier molecular flexibility index (Phi) is 3.76. The highest BCUT2D eigenvalue weighted by molar-refractivity contribution is 5.77. The second-order valence-corrected chi connectivity index (χ2v) is 5.76. The topological polar surface area (TPSA) is 29.9 Å². The van der Waals surface area contributed by atoms with Crippen molar-refractivity contribution in [1.82, 2.24) is 14.9 Å². The Labute approximate surface area is 125 Å². The van der Waals surface area contributed by atoms with Crippen LogP contribution in [-0.2, 0) is 6.54 Å². The van der Waals surface area contributed by atoms with E-state index in [0.717, 1.165) is 17.6 Å². The molecule has 3 aromatic rings. The summed E-state index contributed by atoms with van der Waals surface area (Å²) in [5.74, 6) is 0. The van der Waals surface area contributed by atoms with Crippen LogP contribution in [0.5, 0.6) is 0 Å². The third-order valence-corrected chi connectivity index (χ3v) is 3.70. The van der Waals surface area contributed by atoms with E-state index in [-0.39, 0.29) is 0 Å². The number of fused-ring (bicyclic) bond motifs is 1. The Morgan fingerprint density at radius 3 is 2.76 bits per heavy atom. The van der Waals surface area contributed by atoms with Crippen LogP contribution < -0.4 is 5.32 Å². The molecule has 0 aliphatic heterocycles. The molecule has 21 heavy (non-hydrogen) atoms. The van der Waals surface area contributed by atoms with Gasteiger partial charge in [-0.3, -0.25) is 4.57 Å². The van der Waals surface area contributed by atoms with E-state index in [0.29, 0.717) is 6.04 Å². The molecule has 0 unspecified atom stereocenters. The Bertz CT molecular complexity index is 756. The second-order valence-electron chi connectivity index (χ2n) is 5.76. The Balaban J connectivity index is 2.03. The summed E-state index contributed by atoms with van der Waals surface area (Å²) in [6.45, 7) is 7.36. The van der Waals surface area contributed by atoms with Crippen LogP contribution >= 0.6 is 0 Å². The summed E-state index contributed by atoms with van der Waals surface area (Å²) >= 11 is 0. The maximum absolute atomic E-state index is 4.49. The van der Waals surface area contributed by atoms with Crippen molar-refractivity contribution in [2.45, 2.75) is 33.4 Å². The van der Waals surface area contributed by atoms with Crippen LogP contribution in [-0.4, -0.2) is 15.6 Å². The third-order valence-electron chi connectivity index (χ3n) is 3.70. The van der Waals surface area contributed by atoms with Crippen molar-refractivity contribution in [3.8, 4) is 5.69 Å². The largest absolute Gasteiger partial charge is 0.310 e. The first kappa shape index (κ1) is 13.8. The van der Waals surface area contributed by atoms with Gasteiger partial charge in [-0.15, -0.1) is 0 Å². The quantitative estimate of drug-likeness (QED) is 0.786. The number of imidazole rings is 1. The summed E-state index contributed by atoms with van der Waals surface area (Å²) < 4.78 is 2.17. The number of rotatable bonds is 4. The molecule has 108 valence electrons. The molecule has 3 rings (SSSR count). The molecule has 0 bridgehead atoms. The first-order valence-electron chi connectivity index (χ1n) is 7.40. The van der Waals surface area contributed by atoms with Gasteiger partial charge in [0.25, 0.3) is 0 Å². The van der Waals surface area contributed by atoms with Gasteiger partial charge in [-0.1, -0.05) is 38.1 Å². The molecule has 3 heteroatoms. The van der Waals surface area contributed by atoms with Crippen LogP contribution in [0.3, 0.4) is 0 Å². The van der Waals surface area contributed by atoms with Gasteiger partial charge < -0.3 is 5.32 Å². The Hall–Kier alpha value is -2.13. The number of aryl methyl sites for hydroxylation is 1. The number of nitrogens with one attached hydrogen (secondary N) is 1. The fourth-order valence-electron chi connectivity index (χ4n) is 2.50. The predicted molar refractivity (Wildman–Crippen MR) is 87.8 cm³/mol. The minimum Gasteiger partial charge on any atom is -0.310 e. The van der Waals surface area contributed by atoms with Crippen molar-refractivity contribution in [1.29, 1.82) is 0 Å². The van der Waals surface area contributed by atoms with E-state index < -0.39 is 0 Å². The summed E-state index contributed by atoms with van der Waals surface area (Å²) in [6.07, 6.45) is 1.91. The lowest BCUT2D eigenvalue weighted by Crippen LogP contribution is -2.21. The molecule has 2 aromatic carbocycles. The summed E-state index contributed by atoms with van der Waals surface area (Å²) in [5.41, 5.74) is 5.93. The maximum atomic E-state index is 4.49. The average Bonchev–Trinajstić information content (AvgIpc) is 2.90. The minimum atomic E-state index is 0.490. The molecule has 3 nitrogen and oxygen atoms in total.